The quantitative estimate of drug-likeness (QED) is 0.809. The smallest absolute Gasteiger partial charge is 0.226 e. The number of ketones is 1. The van der Waals surface area contributed by atoms with Crippen LogP contribution in [0, 0.1) is 5.41 Å². The second-order valence-corrected chi connectivity index (χ2v) is 6.98. The molecule has 0 bridgehead atoms. The molecule has 122 valence electrons. The second-order valence-electron chi connectivity index (χ2n) is 6.07. The molecule has 0 aliphatic carbocycles. The van der Waals surface area contributed by atoms with Crippen molar-refractivity contribution in [2.24, 2.45) is 5.41 Å². The number of thiophene rings is 1. The van der Waals surface area contributed by atoms with Gasteiger partial charge < -0.3 is 14.7 Å². The van der Waals surface area contributed by atoms with Crippen molar-refractivity contribution < 1.29 is 19.4 Å². The minimum absolute atomic E-state index is 0.00668. The Morgan fingerprint density at radius 2 is 2.09 bits per heavy atom. The summed E-state index contributed by atoms with van der Waals surface area (Å²) in [5.74, 6) is 0.0331. The van der Waals surface area contributed by atoms with Gasteiger partial charge in [0, 0.05) is 32.2 Å². The second kappa shape index (κ2) is 7.35. The van der Waals surface area contributed by atoms with E-state index in [1.165, 1.54) is 18.3 Å². The number of hydrogen-bond acceptors (Lipinski definition) is 5. The van der Waals surface area contributed by atoms with Crippen LogP contribution in [0.4, 0.5) is 0 Å². The van der Waals surface area contributed by atoms with Gasteiger partial charge >= 0.3 is 0 Å². The molecule has 1 aliphatic rings. The van der Waals surface area contributed by atoms with Crippen molar-refractivity contribution in [3.63, 3.8) is 0 Å². The van der Waals surface area contributed by atoms with E-state index < -0.39 is 0 Å². The lowest BCUT2D eigenvalue weighted by Crippen LogP contribution is -2.44. The maximum absolute atomic E-state index is 12.4. The van der Waals surface area contributed by atoms with Gasteiger partial charge in [0.15, 0.2) is 5.78 Å². The van der Waals surface area contributed by atoms with Crippen LogP contribution in [-0.4, -0.2) is 55.1 Å². The molecule has 0 atom stereocenters. The lowest BCUT2D eigenvalue weighted by atomic mass is 9.80. The maximum Gasteiger partial charge on any atom is 0.226 e. The first-order chi connectivity index (χ1) is 10.5. The van der Waals surface area contributed by atoms with E-state index in [0.717, 1.165) is 18.4 Å². The van der Waals surface area contributed by atoms with Gasteiger partial charge in [-0.1, -0.05) is 0 Å². The molecule has 1 saturated heterocycles. The summed E-state index contributed by atoms with van der Waals surface area (Å²) in [6.07, 6.45) is 1.83. The van der Waals surface area contributed by atoms with E-state index in [1.807, 2.05) is 5.38 Å². The van der Waals surface area contributed by atoms with Gasteiger partial charge in [0.2, 0.25) is 5.91 Å². The van der Waals surface area contributed by atoms with Crippen molar-refractivity contribution in [1.82, 2.24) is 4.90 Å². The molecule has 1 amide bonds. The third kappa shape index (κ3) is 4.15. The summed E-state index contributed by atoms with van der Waals surface area (Å²) < 4.78 is 5.34. The van der Waals surface area contributed by atoms with Crippen LogP contribution in [0.25, 0.3) is 0 Å². The molecule has 6 heteroatoms. The van der Waals surface area contributed by atoms with Crippen LogP contribution in [0.15, 0.2) is 11.4 Å². The summed E-state index contributed by atoms with van der Waals surface area (Å²) in [5, 5.41) is 11.6. The average molecular weight is 325 g/mol. The molecular weight excluding hydrogens is 302 g/mol. The van der Waals surface area contributed by atoms with Crippen LogP contribution in [0.3, 0.4) is 0 Å². The Labute approximate surface area is 134 Å². The van der Waals surface area contributed by atoms with Crippen molar-refractivity contribution in [2.75, 3.05) is 33.4 Å². The molecule has 5 nitrogen and oxygen atoms in total. The number of hydrogen-bond donors (Lipinski definition) is 1. The van der Waals surface area contributed by atoms with E-state index in [1.54, 1.807) is 18.0 Å². The van der Waals surface area contributed by atoms with E-state index in [4.69, 9.17) is 4.74 Å². The number of aliphatic hydroxyl groups is 1. The monoisotopic (exact) mass is 325 g/mol. The molecule has 1 fully saturated rings. The minimum atomic E-state index is -0.248. The van der Waals surface area contributed by atoms with Crippen LogP contribution in [-0.2, 0) is 16.0 Å². The van der Waals surface area contributed by atoms with Crippen molar-refractivity contribution in [1.29, 1.82) is 0 Å². The largest absolute Gasteiger partial charge is 0.396 e. The van der Waals surface area contributed by atoms with E-state index in [-0.39, 0.29) is 30.1 Å². The Balaban J connectivity index is 1.94. The SMILES string of the molecule is CC(=O)c1cc(CC(=O)N(C)CC2(CO)CCOCC2)cs1. The van der Waals surface area contributed by atoms with Gasteiger partial charge in [-0.2, -0.15) is 0 Å². The topological polar surface area (TPSA) is 66.8 Å². The standard InChI is InChI=1S/C16H23NO4S/c1-12(19)14-7-13(9-22-14)8-15(20)17(2)10-16(11-18)3-5-21-6-4-16/h7,9,18H,3-6,8,10-11H2,1-2H3. The molecule has 1 aliphatic heterocycles. The van der Waals surface area contributed by atoms with Crippen molar-refractivity contribution >= 4 is 23.0 Å². The van der Waals surface area contributed by atoms with Gasteiger partial charge in [0.25, 0.3) is 0 Å². The number of nitrogens with zero attached hydrogens (tertiary/aromatic N) is 1. The van der Waals surface area contributed by atoms with E-state index in [0.29, 0.717) is 24.6 Å². The van der Waals surface area contributed by atoms with Crippen molar-refractivity contribution in [3.8, 4) is 0 Å². The van der Waals surface area contributed by atoms with Crippen molar-refractivity contribution in [3.05, 3.63) is 21.9 Å². The van der Waals surface area contributed by atoms with E-state index >= 15 is 0 Å². The maximum atomic E-state index is 12.4. The molecule has 0 unspecified atom stereocenters. The first kappa shape index (κ1) is 17.1. The molecular formula is C16H23NO4S. The molecule has 2 heterocycles. The highest BCUT2D eigenvalue weighted by atomic mass is 32.1. The third-order valence-corrected chi connectivity index (χ3v) is 5.32. The summed E-state index contributed by atoms with van der Waals surface area (Å²) in [7, 11) is 1.77. The zero-order valence-corrected chi connectivity index (χ0v) is 13.9. The zero-order chi connectivity index (χ0) is 16.2. The van der Waals surface area contributed by atoms with Crippen LogP contribution in [0.2, 0.25) is 0 Å². The fraction of sp³-hybridized carbons (Fsp3) is 0.625. The summed E-state index contributed by atoms with van der Waals surface area (Å²) in [5.41, 5.74) is 0.624. The average Bonchev–Trinajstić information content (AvgIpc) is 2.97. The summed E-state index contributed by atoms with van der Waals surface area (Å²) in [6, 6.07) is 1.79. The Morgan fingerprint density at radius 3 is 2.64 bits per heavy atom. The van der Waals surface area contributed by atoms with Crippen molar-refractivity contribution in [2.45, 2.75) is 26.2 Å². The van der Waals surface area contributed by atoms with Crippen LogP contribution >= 0.6 is 11.3 Å². The fourth-order valence-corrected chi connectivity index (χ4v) is 3.54. The normalized spacial score (nSPS) is 17.2. The zero-order valence-electron chi connectivity index (χ0n) is 13.1. The van der Waals surface area contributed by atoms with Gasteiger partial charge in [-0.3, -0.25) is 9.59 Å². The third-order valence-electron chi connectivity index (χ3n) is 4.24. The van der Waals surface area contributed by atoms with Crippen LogP contribution < -0.4 is 0 Å². The van der Waals surface area contributed by atoms with Gasteiger partial charge in [0.1, 0.15) is 0 Å². The van der Waals surface area contributed by atoms with Crippen LogP contribution in [0.1, 0.15) is 35.0 Å². The fourth-order valence-electron chi connectivity index (χ4n) is 2.72. The highest BCUT2D eigenvalue weighted by Gasteiger charge is 2.34. The molecule has 1 aromatic rings. The molecule has 0 radical (unpaired) electrons. The first-order valence-corrected chi connectivity index (χ1v) is 8.35. The first-order valence-electron chi connectivity index (χ1n) is 7.47. The number of carbonyl (C=O) groups excluding carboxylic acids is 2. The predicted molar refractivity (Wildman–Crippen MR) is 85.2 cm³/mol. The Hall–Kier alpha value is -1.24. The predicted octanol–water partition coefficient (Wildman–Crippen LogP) is 1.74. The molecule has 0 aromatic carbocycles. The number of Topliss-reactive ketones (excluding diaryl/α,β-unsaturated/α-hetero) is 1. The Bertz CT molecular complexity index is 534. The molecule has 1 N–H and O–H groups in total. The minimum Gasteiger partial charge on any atom is -0.396 e. The summed E-state index contributed by atoms with van der Waals surface area (Å²) in [6.45, 7) is 3.40. The van der Waals surface area contributed by atoms with Crippen LogP contribution in [0.5, 0.6) is 0 Å². The van der Waals surface area contributed by atoms with Gasteiger partial charge in [-0.15, -0.1) is 11.3 Å². The highest BCUT2D eigenvalue weighted by Crippen LogP contribution is 2.30. The highest BCUT2D eigenvalue weighted by molar-refractivity contribution is 7.12. The molecule has 22 heavy (non-hydrogen) atoms. The molecule has 0 spiro atoms. The van der Waals surface area contributed by atoms with Gasteiger partial charge in [0.05, 0.1) is 17.9 Å². The van der Waals surface area contributed by atoms with Gasteiger partial charge in [-0.25, -0.2) is 0 Å². The number of amides is 1. The summed E-state index contributed by atoms with van der Waals surface area (Å²) in [4.78, 5) is 26.0. The number of likely N-dealkylation sites (N-methyl/N-ethyl adjacent to an activating group) is 1. The van der Waals surface area contributed by atoms with E-state index in [2.05, 4.69) is 0 Å². The lowest BCUT2D eigenvalue weighted by Gasteiger charge is -2.38. The number of ether oxygens (including phenoxy) is 1. The molecule has 1 aromatic heterocycles. The number of aliphatic hydroxyl groups excluding tert-OH is 1. The Kier molecular flexibility index (Phi) is 5.72. The molecule has 0 saturated carbocycles. The Morgan fingerprint density at radius 1 is 1.41 bits per heavy atom. The summed E-state index contributed by atoms with van der Waals surface area (Å²) >= 11 is 1.37. The number of rotatable bonds is 6. The lowest BCUT2D eigenvalue weighted by molar-refractivity contribution is -0.132. The van der Waals surface area contributed by atoms with Gasteiger partial charge in [-0.05, 0) is 36.8 Å². The van der Waals surface area contributed by atoms with E-state index in [9.17, 15) is 14.7 Å². The number of carbonyl (C=O) groups is 2. The molecule has 2 rings (SSSR count).